The fraction of sp³-hybridized carbons (Fsp3) is 0.538. The van der Waals surface area contributed by atoms with Crippen LogP contribution in [0.15, 0.2) is 12.1 Å². The number of ether oxygens (including phenoxy) is 1. The van der Waals surface area contributed by atoms with Gasteiger partial charge in [-0.2, -0.15) is 0 Å². The molecule has 0 aliphatic heterocycles. The Bertz CT molecular complexity index is 438. The van der Waals surface area contributed by atoms with Gasteiger partial charge < -0.3 is 15.0 Å². The van der Waals surface area contributed by atoms with Crippen LogP contribution in [0.3, 0.4) is 0 Å². The summed E-state index contributed by atoms with van der Waals surface area (Å²) in [5, 5.41) is 3.23. The number of anilines is 1. The lowest BCUT2D eigenvalue weighted by molar-refractivity contribution is 0.0529. The second kappa shape index (κ2) is 7.31. The summed E-state index contributed by atoms with van der Waals surface area (Å²) in [6.45, 7) is 4.90. The molecular formula is C13H20ClN3O2. The van der Waals surface area contributed by atoms with E-state index in [1.165, 1.54) is 0 Å². The third-order valence-corrected chi connectivity index (χ3v) is 2.83. The Balaban J connectivity index is 2.70. The first-order valence-corrected chi connectivity index (χ1v) is 6.55. The lowest BCUT2D eigenvalue weighted by Crippen LogP contribution is -2.31. The van der Waals surface area contributed by atoms with Crippen LogP contribution in [0, 0.1) is 0 Å². The van der Waals surface area contributed by atoms with Gasteiger partial charge in [0.15, 0.2) is 0 Å². The molecule has 0 aliphatic rings. The molecule has 1 heterocycles. The molecule has 0 saturated carbocycles. The molecular weight excluding hydrogens is 266 g/mol. The van der Waals surface area contributed by atoms with Gasteiger partial charge in [0, 0.05) is 20.6 Å². The van der Waals surface area contributed by atoms with Gasteiger partial charge >= 0.3 is 0 Å². The molecule has 1 rings (SSSR count). The molecule has 0 radical (unpaired) electrons. The number of nitrogens with zero attached hydrogens (tertiary/aromatic N) is 2. The number of likely N-dealkylation sites (N-methyl/N-ethyl adjacent to an activating group) is 1. The minimum atomic E-state index is -0.213. The SMILES string of the molecule is CNc1ccc(Cl)c(C(=O)N(C)CCOC(C)C)n1. The van der Waals surface area contributed by atoms with Crippen LogP contribution >= 0.6 is 11.6 Å². The van der Waals surface area contributed by atoms with Gasteiger partial charge in [-0.3, -0.25) is 4.79 Å². The molecule has 0 unspecified atom stereocenters. The predicted molar refractivity (Wildman–Crippen MR) is 76.8 cm³/mol. The fourth-order valence-electron chi connectivity index (χ4n) is 1.44. The van der Waals surface area contributed by atoms with E-state index in [2.05, 4.69) is 10.3 Å². The molecule has 6 heteroatoms. The average Bonchev–Trinajstić information content (AvgIpc) is 2.38. The number of amides is 1. The van der Waals surface area contributed by atoms with Crippen molar-refractivity contribution < 1.29 is 9.53 Å². The highest BCUT2D eigenvalue weighted by atomic mass is 35.5. The Kier molecular flexibility index (Phi) is 6.05. The van der Waals surface area contributed by atoms with Crippen LogP contribution < -0.4 is 5.32 Å². The monoisotopic (exact) mass is 285 g/mol. The number of pyridine rings is 1. The molecule has 0 bridgehead atoms. The van der Waals surface area contributed by atoms with Crippen LogP contribution in [-0.4, -0.2) is 49.1 Å². The summed E-state index contributed by atoms with van der Waals surface area (Å²) in [6.07, 6.45) is 0.151. The van der Waals surface area contributed by atoms with Gasteiger partial charge in [0.25, 0.3) is 5.91 Å². The Hall–Kier alpha value is -1.33. The molecule has 1 aromatic rings. The molecule has 106 valence electrons. The maximum absolute atomic E-state index is 12.2. The van der Waals surface area contributed by atoms with Gasteiger partial charge in [0.2, 0.25) is 0 Å². The van der Waals surface area contributed by atoms with E-state index < -0.39 is 0 Å². The van der Waals surface area contributed by atoms with E-state index in [9.17, 15) is 4.79 Å². The van der Waals surface area contributed by atoms with Crippen LogP contribution in [0.25, 0.3) is 0 Å². The highest BCUT2D eigenvalue weighted by Gasteiger charge is 2.17. The van der Waals surface area contributed by atoms with E-state index in [4.69, 9.17) is 16.3 Å². The number of halogens is 1. The van der Waals surface area contributed by atoms with Gasteiger partial charge in [-0.25, -0.2) is 4.98 Å². The van der Waals surface area contributed by atoms with Crippen molar-refractivity contribution in [3.05, 3.63) is 22.8 Å². The number of nitrogens with one attached hydrogen (secondary N) is 1. The molecule has 0 aliphatic carbocycles. The summed E-state index contributed by atoms with van der Waals surface area (Å²) < 4.78 is 5.41. The van der Waals surface area contributed by atoms with E-state index >= 15 is 0 Å². The van der Waals surface area contributed by atoms with Gasteiger partial charge in [-0.15, -0.1) is 0 Å². The molecule has 1 N–H and O–H groups in total. The van der Waals surface area contributed by atoms with Crippen molar-refractivity contribution in [2.24, 2.45) is 0 Å². The van der Waals surface area contributed by atoms with E-state index in [1.54, 1.807) is 31.1 Å². The molecule has 0 aromatic carbocycles. The normalized spacial score (nSPS) is 10.6. The average molecular weight is 286 g/mol. The number of hydrogen-bond donors (Lipinski definition) is 1. The van der Waals surface area contributed by atoms with Crippen molar-refractivity contribution in [1.29, 1.82) is 0 Å². The van der Waals surface area contributed by atoms with Crippen molar-refractivity contribution in [3.8, 4) is 0 Å². The minimum Gasteiger partial charge on any atom is -0.377 e. The smallest absolute Gasteiger partial charge is 0.273 e. The molecule has 5 nitrogen and oxygen atoms in total. The van der Waals surface area contributed by atoms with Crippen LogP contribution in [0.1, 0.15) is 24.3 Å². The van der Waals surface area contributed by atoms with E-state index in [1.807, 2.05) is 13.8 Å². The van der Waals surface area contributed by atoms with Gasteiger partial charge in [-0.05, 0) is 26.0 Å². The minimum absolute atomic E-state index is 0.151. The molecule has 0 saturated heterocycles. The Morgan fingerprint density at radius 3 is 2.79 bits per heavy atom. The van der Waals surface area contributed by atoms with Crippen molar-refractivity contribution >= 4 is 23.3 Å². The number of carbonyl (C=O) groups is 1. The second-order valence-corrected chi connectivity index (χ2v) is 4.83. The predicted octanol–water partition coefficient (Wildman–Crippen LogP) is 2.27. The van der Waals surface area contributed by atoms with Crippen LogP contribution in [0.2, 0.25) is 5.02 Å². The summed E-state index contributed by atoms with van der Waals surface area (Å²) in [4.78, 5) is 17.9. The summed E-state index contributed by atoms with van der Waals surface area (Å²) in [5.74, 6) is 0.397. The molecule has 0 fully saturated rings. The van der Waals surface area contributed by atoms with E-state index in [0.717, 1.165) is 0 Å². The van der Waals surface area contributed by atoms with Crippen molar-refractivity contribution in [1.82, 2.24) is 9.88 Å². The van der Waals surface area contributed by atoms with Gasteiger partial charge in [-0.1, -0.05) is 11.6 Å². The Labute approximate surface area is 118 Å². The van der Waals surface area contributed by atoms with Crippen molar-refractivity contribution in [3.63, 3.8) is 0 Å². The molecule has 0 atom stereocenters. The third kappa shape index (κ3) is 4.69. The zero-order valence-electron chi connectivity index (χ0n) is 11.7. The first-order valence-electron chi connectivity index (χ1n) is 6.17. The standard InChI is InChI=1S/C13H20ClN3O2/c1-9(2)19-8-7-17(4)13(18)12-10(14)5-6-11(15-3)16-12/h5-6,9H,7-8H2,1-4H3,(H,15,16). The first-order chi connectivity index (χ1) is 8.95. The topological polar surface area (TPSA) is 54.5 Å². The highest BCUT2D eigenvalue weighted by Crippen LogP contribution is 2.17. The maximum atomic E-state index is 12.2. The number of hydrogen-bond acceptors (Lipinski definition) is 4. The zero-order chi connectivity index (χ0) is 14.4. The maximum Gasteiger partial charge on any atom is 0.273 e. The van der Waals surface area contributed by atoms with Gasteiger partial charge in [0.1, 0.15) is 11.5 Å². The largest absolute Gasteiger partial charge is 0.377 e. The van der Waals surface area contributed by atoms with Crippen molar-refractivity contribution in [2.45, 2.75) is 20.0 Å². The summed E-state index contributed by atoms with van der Waals surface area (Å²) >= 11 is 6.01. The van der Waals surface area contributed by atoms with Gasteiger partial charge in [0.05, 0.1) is 17.7 Å². The first kappa shape index (κ1) is 15.7. The number of rotatable bonds is 6. The number of carbonyl (C=O) groups excluding carboxylic acids is 1. The van der Waals surface area contributed by atoms with E-state index in [-0.39, 0.29) is 17.7 Å². The molecule has 1 amide bonds. The zero-order valence-corrected chi connectivity index (χ0v) is 12.5. The van der Waals surface area contributed by atoms with E-state index in [0.29, 0.717) is 24.0 Å². The Morgan fingerprint density at radius 2 is 2.21 bits per heavy atom. The quantitative estimate of drug-likeness (QED) is 0.871. The second-order valence-electron chi connectivity index (χ2n) is 4.42. The lowest BCUT2D eigenvalue weighted by Gasteiger charge is -2.18. The Morgan fingerprint density at radius 1 is 1.53 bits per heavy atom. The van der Waals surface area contributed by atoms with Crippen LogP contribution in [-0.2, 0) is 4.74 Å². The fourth-order valence-corrected chi connectivity index (χ4v) is 1.63. The molecule has 1 aromatic heterocycles. The molecule has 19 heavy (non-hydrogen) atoms. The summed E-state index contributed by atoms with van der Waals surface area (Å²) in [6, 6.07) is 3.38. The molecule has 0 spiro atoms. The summed E-state index contributed by atoms with van der Waals surface area (Å²) in [7, 11) is 3.45. The lowest BCUT2D eigenvalue weighted by atomic mass is 10.3. The van der Waals surface area contributed by atoms with Crippen LogP contribution in [0.5, 0.6) is 0 Å². The number of aromatic nitrogens is 1. The van der Waals surface area contributed by atoms with Crippen LogP contribution in [0.4, 0.5) is 5.82 Å². The third-order valence-electron chi connectivity index (χ3n) is 2.53. The highest BCUT2D eigenvalue weighted by molar-refractivity contribution is 6.33. The van der Waals surface area contributed by atoms with Crippen molar-refractivity contribution in [2.75, 3.05) is 32.6 Å². The summed E-state index contributed by atoms with van der Waals surface area (Å²) in [5.41, 5.74) is 0.251.